The van der Waals surface area contributed by atoms with Crippen LogP contribution in [0.5, 0.6) is 0 Å². The van der Waals surface area contributed by atoms with E-state index in [-0.39, 0.29) is 11.7 Å². The van der Waals surface area contributed by atoms with Crippen LogP contribution in [0.1, 0.15) is 19.9 Å². The molecule has 0 radical (unpaired) electrons. The first kappa shape index (κ1) is 14.4. The number of nitrogens with zero attached hydrogens (tertiary/aromatic N) is 2. The van der Waals surface area contributed by atoms with Crippen LogP contribution in [0.15, 0.2) is 17.1 Å². The van der Waals surface area contributed by atoms with E-state index >= 15 is 4.39 Å². The predicted octanol–water partition coefficient (Wildman–Crippen LogP) is -0.765. The molecule has 1 aliphatic carbocycles. The van der Waals surface area contributed by atoms with Gasteiger partial charge in [-0.1, -0.05) is 13.8 Å². The van der Waals surface area contributed by atoms with Crippen LogP contribution in [0.3, 0.4) is 0 Å². The second-order valence-corrected chi connectivity index (χ2v) is 6.02. The van der Waals surface area contributed by atoms with Crippen LogP contribution >= 0.6 is 0 Å². The Labute approximate surface area is 120 Å². The average molecular weight is 299 g/mol. The smallest absolute Gasteiger partial charge is 0.349 e. The standard InChI is InChI=1S/C13H18FN3O4/c1-6(2)12(5-18)10(19)13(14)8(9(13)21-12)17-4-3-7(15)16-11(17)20/h3-4,6,8-10,18-19H,5H2,1-2H3,(H2,15,16,20)/t8?,9-,10+,12-,13-/m0/s1. The van der Waals surface area contributed by atoms with Gasteiger partial charge in [0.05, 0.1) is 6.61 Å². The molecular formula is C13H18FN3O4. The van der Waals surface area contributed by atoms with E-state index in [0.29, 0.717) is 0 Å². The highest BCUT2D eigenvalue weighted by atomic mass is 19.1. The average Bonchev–Trinajstić information content (AvgIpc) is 2.92. The summed E-state index contributed by atoms with van der Waals surface area (Å²) >= 11 is 0. The van der Waals surface area contributed by atoms with E-state index < -0.39 is 41.8 Å². The van der Waals surface area contributed by atoms with Crippen molar-refractivity contribution in [3.8, 4) is 0 Å². The quantitative estimate of drug-likeness (QED) is 0.676. The fourth-order valence-corrected chi connectivity index (χ4v) is 3.23. The molecule has 1 unspecified atom stereocenters. The Balaban J connectivity index is 1.95. The summed E-state index contributed by atoms with van der Waals surface area (Å²) < 4.78 is 21.7. The van der Waals surface area contributed by atoms with Gasteiger partial charge in [0, 0.05) is 6.20 Å². The number of alkyl halides is 1. The van der Waals surface area contributed by atoms with Crippen LogP contribution < -0.4 is 11.4 Å². The largest absolute Gasteiger partial charge is 0.393 e. The van der Waals surface area contributed by atoms with E-state index in [1.54, 1.807) is 13.8 Å². The van der Waals surface area contributed by atoms with Gasteiger partial charge in [0.1, 0.15) is 29.7 Å². The molecule has 1 saturated carbocycles. The molecule has 1 aromatic rings. The van der Waals surface area contributed by atoms with Crippen molar-refractivity contribution in [2.24, 2.45) is 5.92 Å². The first-order chi connectivity index (χ1) is 9.79. The minimum absolute atomic E-state index is 0.0447. The maximum Gasteiger partial charge on any atom is 0.349 e. The number of halogens is 1. The predicted molar refractivity (Wildman–Crippen MR) is 71.3 cm³/mol. The molecule has 0 amide bonds. The number of hydrogen-bond donors (Lipinski definition) is 3. The van der Waals surface area contributed by atoms with E-state index in [2.05, 4.69) is 4.98 Å². The number of hydrogen-bond acceptors (Lipinski definition) is 6. The van der Waals surface area contributed by atoms with E-state index in [1.165, 1.54) is 12.3 Å². The van der Waals surface area contributed by atoms with Crippen LogP contribution in [0, 0.1) is 5.92 Å². The lowest BCUT2D eigenvalue weighted by Crippen LogP contribution is -2.54. The van der Waals surface area contributed by atoms with Gasteiger partial charge in [-0.25, -0.2) is 9.18 Å². The van der Waals surface area contributed by atoms with Crippen molar-refractivity contribution in [1.82, 2.24) is 9.55 Å². The molecule has 2 aliphatic rings. The number of anilines is 1. The Morgan fingerprint density at radius 3 is 2.71 bits per heavy atom. The van der Waals surface area contributed by atoms with Gasteiger partial charge >= 0.3 is 5.69 Å². The summed E-state index contributed by atoms with van der Waals surface area (Å²) in [4.78, 5) is 15.3. The van der Waals surface area contributed by atoms with Crippen LogP contribution in [0.2, 0.25) is 0 Å². The van der Waals surface area contributed by atoms with Gasteiger partial charge in [0.2, 0.25) is 0 Å². The molecule has 0 bridgehead atoms. The van der Waals surface area contributed by atoms with E-state index in [1.807, 2.05) is 0 Å². The minimum Gasteiger partial charge on any atom is -0.393 e. The van der Waals surface area contributed by atoms with E-state index in [4.69, 9.17) is 10.5 Å². The van der Waals surface area contributed by atoms with Crippen molar-refractivity contribution in [2.45, 2.75) is 43.4 Å². The monoisotopic (exact) mass is 299 g/mol. The minimum atomic E-state index is -2.10. The summed E-state index contributed by atoms with van der Waals surface area (Å²) in [5, 5.41) is 19.8. The van der Waals surface area contributed by atoms with Gasteiger partial charge in [-0.3, -0.25) is 4.57 Å². The third-order valence-corrected chi connectivity index (χ3v) is 4.67. The molecule has 21 heavy (non-hydrogen) atoms. The molecule has 1 aromatic heterocycles. The van der Waals surface area contributed by atoms with Crippen LogP contribution in [0.25, 0.3) is 0 Å². The van der Waals surface area contributed by atoms with Gasteiger partial charge < -0.3 is 20.7 Å². The Hall–Kier alpha value is -1.51. The highest BCUT2D eigenvalue weighted by Gasteiger charge is 2.83. The molecule has 2 heterocycles. The summed E-state index contributed by atoms with van der Waals surface area (Å²) in [5.74, 6) is -0.233. The van der Waals surface area contributed by atoms with Crippen LogP contribution in [0.4, 0.5) is 10.2 Å². The molecule has 5 atom stereocenters. The molecule has 1 aliphatic heterocycles. The van der Waals surface area contributed by atoms with Crippen LogP contribution in [-0.4, -0.2) is 49.8 Å². The van der Waals surface area contributed by atoms with Gasteiger partial charge in [-0.05, 0) is 12.0 Å². The molecule has 4 N–H and O–H groups in total. The van der Waals surface area contributed by atoms with Crippen molar-refractivity contribution in [2.75, 3.05) is 12.3 Å². The zero-order valence-corrected chi connectivity index (χ0v) is 11.7. The SMILES string of the molecule is CC(C)[C@]1(CO)O[C@H]2C(n3ccc(N)nc3=O)[C@@]2(F)[C@@H]1O. The number of rotatable bonds is 3. The van der Waals surface area contributed by atoms with Gasteiger partial charge in [0.25, 0.3) is 0 Å². The Kier molecular flexibility index (Phi) is 2.92. The fraction of sp³-hybridized carbons (Fsp3) is 0.692. The maximum absolute atomic E-state index is 15.0. The third kappa shape index (κ3) is 1.63. The number of fused-ring (bicyclic) bond motifs is 1. The van der Waals surface area contributed by atoms with Crippen molar-refractivity contribution >= 4 is 5.82 Å². The van der Waals surface area contributed by atoms with Crippen molar-refractivity contribution in [3.05, 3.63) is 22.7 Å². The molecule has 0 spiro atoms. The van der Waals surface area contributed by atoms with Crippen LogP contribution in [-0.2, 0) is 4.74 Å². The third-order valence-electron chi connectivity index (χ3n) is 4.67. The number of nitrogen functional groups attached to an aromatic ring is 1. The van der Waals surface area contributed by atoms with E-state index in [9.17, 15) is 15.0 Å². The number of aliphatic hydroxyl groups excluding tert-OH is 2. The lowest BCUT2D eigenvalue weighted by Gasteiger charge is -2.37. The Morgan fingerprint density at radius 1 is 1.62 bits per heavy atom. The highest BCUT2D eigenvalue weighted by molar-refractivity contribution is 5.33. The lowest BCUT2D eigenvalue weighted by atomic mass is 9.83. The van der Waals surface area contributed by atoms with Crippen molar-refractivity contribution < 1.29 is 19.3 Å². The summed E-state index contributed by atoms with van der Waals surface area (Å²) in [6.45, 7) is 2.98. The number of nitrogens with two attached hydrogens (primary N) is 1. The zero-order valence-electron chi connectivity index (χ0n) is 11.7. The molecule has 2 fully saturated rings. The highest BCUT2D eigenvalue weighted by Crippen LogP contribution is 2.65. The summed E-state index contributed by atoms with van der Waals surface area (Å²) in [7, 11) is 0. The first-order valence-corrected chi connectivity index (χ1v) is 6.79. The molecule has 116 valence electrons. The summed E-state index contributed by atoms with van der Waals surface area (Å²) in [6, 6.07) is 0.430. The zero-order chi connectivity index (χ0) is 15.6. The van der Waals surface area contributed by atoms with E-state index in [0.717, 1.165) is 4.57 Å². The molecule has 1 saturated heterocycles. The second-order valence-electron chi connectivity index (χ2n) is 6.02. The molecular weight excluding hydrogens is 281 g/mol. The van der Waals surface area contributed by atoms with Crippen molar-refractivity contribution in [3.63, 3.8) is 0 Å². The number of ether oxygens (including phenoxy) is 1. The fourth-order valence-electron chi connectivity index (χ4n) is 3.23. The topological polar surface area (TPSA) is 111 Å². The summed E-state index contributed by atoms with van der Waals surface area (Å²) in [5.41, 5.74) is 1.25. The molecule has 8 heteroatoms. The normalized spacial score (nSPS) is 41.3. The summed E-state index contributed by atoms with van der Waals surface area (Å²) in [6.07, 6.45) is -1.17. The number of aliphatic hydroxyl groups is 2. The van der Waals surface area contributed by atoms with Gasteiger partial charge in [-0.2, -0.15) is 4.98 Å². The maximum atomic E-state index is 15.0. The number of aromatic nitrogens is 2. The van der Waals surface area contributed by atoms with Gasteiger partial charge in [0.15, 0.2) is 5.67 Å². The molecule has 3 rings (SSSR count). The first-order valence-electron chi connectivity index (χ1n) is 6.79. The second kappa shape index (κ2) is 4.25. The van der Waals surface area contributed by atoms with Gasteiger partial charge in [-0.15, -0.1) is 0 Å². The molecule has 0 aromatic carbocycles. The Morgan fingerprint density at radius 2 is 2.29 bits per heavy atom. The molecule has 7 nitrogen and oxygen atoms in total. The lowest BCUT2D eigenvalue weighted by molar-refractivity contribution is -0.155. The Bertz CT molecular complexity index is 636. The van der Waals surface area contributed by atoms with Crippen molar-refractivity contribution in [1.29, 1.82) is 0 Å².